The van der Waals surface area contributed by atoms with E-state index >= 15 is 0 Å². The Morgan fingerprint density at radius 1 is 1.29 bits per heavy atom. The molecule has 14 heavy (non-hydrogen) atoms. The molecule has 0 unspecified atom stereocenters. The van der Waals surface area contributed by atoms with Crippen LogP contribution in [-0.2, 0) is 11.8 Å². The van der Waals surface area contributed by atoms with Crippen molar-refractivity contribution in [2.45, 2.75) is 17.1 Å². The third-order valence-corrected chi connectivity index (χ3v) is 2.63. The lowest BCUT2D eigenvalue weighted by molar-refractivity contribution is 0.330. The number of fused-ring (bicyclic) bond motifs is 1. The van der Waals surface area contributed by atoms with Gasteiger partial charge in [0, 0.05) is 5.34 Å². The molecule has 0 spiro atoms. The molecule has 0 fully saturated rings. The summed E-state index contributed by atoms with van der Waals surface area (Å²) >= 11 is 0. The van der Waals surface area contributed by atoms with Crippen LogP contribution in [0, 0.1) is 0 Å². The summed E-state index contributed by atoms with van der Waals surface area (Å²) in [5.41, 5.74) is 0.682. The highest BCUT2D eigenvalue weighted by molar-refractivity contribution is 6.44. The predicted molar refractivity (Wildman–Crippen MR) is 64.8 cm³/mol. The molecule has 0 aliphatic carbocycles. The van der Waals surface area contributed by atoms with Gasteiger partial charge in [0.05, 0.1) is 5.56 Å². The van der Waals surface area contributed by atoms with E-state index in [0.29, 0.717) is 6.42 Å². The van der Waals surface area contributed by atoms with Gasteiger partial charge in [0.2, 0.25) is 0 Å². The van der Waals surface area contributed by atoms with Crippen molar-refractivity contribution in [3.8, 4) is 0 Å². The summed E-state index contributed by atoms with van der Waals surface area (Å²) in [7, 11) is 8.21. The van der Waals surface area contributed by atoms with E-state index in [1.807, 2.05) is 15.7 Å². The van der Waals surface area contributed by atoms with Crippen LogP contribution in [0.4, 0.5) is 0 Å². The molecule has 0 saturated heterocycles. The fourth-order valence-electron chi connectivity index (χ4n) is 2.38. The zero-order chi connectivity index (χ0) is 10.6. The van der Waals surface area contributed by atoms with Crippen molar-refractivity contribution in [3.05, 3.63) is 21.7 Å². The molecular weight excluding hydrogens is 175 g/mol. The van der Waals surface area contributed by atoms with Gasteiger partial charge in [0.1, 0.15) is 37.1 Å². The van der Waals surface area contributed by atoms with Crippen LogP contribution in [0.3, 0.4) is 0 Å². The second-order valence-electron chi connectivity index (χ2n) is 5.15. The average Bonchev–Trinajstić information content (AvgIpc) is 2.28. The molecule has 0 saturated carbocycles. The maximum absolute atomic E-state index is 11.5. The Morgan fingerprint density at radius 2 is 1.93 bits per heavy atom. The second kappa shape index (κ2) is 2.63. The van der Waals surface area contributed by atoms with Crippen LogP contribution in [0.5, 0.6) is 0 Å². The smallest absolute Gasteiger partial charge is 0.283 e. The minimum absolute atomic E-state index is 0.0621. The van der Waals surface area contributed by atoms with Crippen molar-refractivity contribution in [1.82, 2.24) is 10.5 Å². The van der Waals surface area contributed by atoms with Crippen molar-refractivity contribution >= 4 is 31.4 Å². The number of aromatic nitrogens is 1. The third-order valence-electron chi connectivity index (χ3n) is 2.63. The van der Waals surface area contributed by atoms with Crippen LogP contribution in [0.1, 0.15) is 11.3 Å². The summed E-state index contributed by atoms with van der Waals surface area (Å²) in [6, 6.07) is 0. The first-order valence-electron chi connectivity index (χ1n) is 4.82. The zero-order valence-corrected chi connectivity index (χ0v) is 9.02. The van der Waals surface area contributed by atoms with Crippen molar-refractivity contribution < 1.29 is 4.52 Å². The lowest BCUT2D eigenvalue weighted by Crippen LogP contribution is -2.63. The van der Waals surface area contributed by atoms with E-state index in [4.69, 9.17) is 4.52 Å². The van der Waals surface area contributed by atoms with Crippen molar-refractivity contribution in [2.24, 2.45) is 0 Å². The summed E-state index contributed by atoms with van der Waals surface area (Å²) in [6.07, 6.45) is 0.706. The summed E-state index contributed by atoms with van der Waals surface area (Å²) in [4.78, 5) is 11.5. The molecule has 2 heterocycles. The first-order valence-corrected chi connectivity index (χ1v) is 4.82. The van der Waals surface area contributed by atoms with Crippen molar-refractivity contribution in [2.75, 3.05) is 0 Å². The molecule has 2 N–H and O–H groups in total. The Bertz CT molecular complexity index is 422. The minimum Gasteiger partial charge on any atom is -0.383 e. The average molecular weight is 187 g/mol. The molecule has 8 heteroatoms. The van der Waals surface area contributed by atoms with Crippen LogP contribution >= 0.6 is 0 Å². The highest BCUT2D eigenvalue weighted by Gasteiger charge is 2.40. The Kier molecular flexibility index (Phi) is 1.83. The second-order valence-corrected chi connectivity index (χ2v) is 5.15. The van der Waals surface area contributed by atoms with Crippen LogP contribution in [-0.4, -0.2) is 41.9 Å². The van der Waals surface area contributed by atoms with Gasteiger partial charge >= 0.3 is 0 Å². The summed E-state index contributed by atoms with van der Waals surface area (Å²) in [6.45, 7) is 0. The van der Waals surface area contributed by atoms with E-state index in [1.165, 1.54) is 0 Å². The number of hydrogen-bond acceptors (Lipinski definition) is 3. The van der Waals surface area contributed by atoms with Gasteiger partial charge in [-0.1, -0.05) is 0 Å². The SMILES string of the molecule is BC1(B)Cc2c(o[nH]c2=O)C(B)(B)N1. The topological polar surface area (TPSA) is 58.0 Å². The Morgan fingerprint density at radius 3 is 2.57 bits per heavy atom. The Labute approximate surface area is 85.8 Å². The van der Waals surface area contributed by atoms with E-state index in [1.54, 1.807) is 0 Å². The van der Waals surface area contributed by atoms with Crippen LogP contribution in [0.25, 0.3) is 0 Å². The van der Waals surface area contributed by atoms with Gasteiger partial charge in [0.25, 0.3) is 5.56 Å². The van der Waals surface area contributed by atoms with E-state index in [9.17, 15) is 4.79 Å². The molecule has 0 atom stereocenters. The molecular formula is C6H12B4N2O2. The molecule has 0 aromatic carbocycles. The van der Waals surface area contributed by atoms with E-state index in [0.717, 1.165) is 11.3 Å². The summed E-state index contributed by atoms with van der Waals surface area (Å²) < 4.78 is 5.20. The number of rotatable bonds is 0. The van der Waals surface area contributed by atoms with Crippen LogP contribution in [0.2, 0.25) is 0 Å². The maximum atomic E-state index is 11.5. The molecule has 0 bridgehead atoms. The fourth-order valence-corrected chi connectivity index (χ4v) is 2.38. The van der Waals surface area contributed by atoms with Gasteiger partial charge < -0.3 is 9.84 Å². The van der Waals surface area contributed by atoms with E-state index in [2.05, 4.69) is 26.2 Å². The monoisotopic (exact) mass is 188 g/mol. The van der Waals surface area contributed by atoms with Crippen LogP contribution in [0.15, 0.2) is 9.32 Å². The lowest BCUT2D eigenvalue weighted by Gasteiger charge is -2.41. The normalized spacial score (nSPS) is 22.9. The zero-order valence-electron chi connectivity index (χ0n) is 9.02. The number of nitrogens with one attached hydrogen (secondary N) is 2. The van der Waals surface area contributed by atoms with Gasteiger partial charge in [-0.2, -0.15) is 5.16 Å². The predicted octanol–water partition coefficient (Wildman–Crippen LogP) is -4.59. The first kappa shape index (κ1) is 9.77. The van der Waals surface area contributed by atoms with E-state index < -0.39 is 0 Å². The van der Waals surface area contributed by atoms with Gasteiger partial charge in [-0.25, -0.2) is 0 Å². The maximum Gasteiger partial charge on any atom is 0.283 e. The van der Waals surface area contributed by atoms with Gasteiger partial charge in [0.15, 0.2) is 0 Å². The minimum atomic E-state index is -0.282. The lowest BCUT2D eigenvalue weighted by atomic mass is 9.49. The Balaban J connectivity index is 2.60. The third kappa shape index (κ3) is 1.38. The molecule has 1 aromatic rings. The molecule has 1 aliphatic rings. The molecule has 2 rings (SSSR count). The first-order chi connectivity index (χ1) is 6.32. The van der Waals surface area contributed by atoms with Gasteiger partial charge in [-0.15, -0.1) is 0 Å². The molecule has 70 valence electrons. The molecule has 1 aromatic heterocycles. The van der Waals surface area contributed by atoms with Gasteiger partial charge in [-0.3, -0.25) is 4.79 Å². The quantitative estimate of drug-likeness (QED) is 0.402. The number of hydrogen-bond donors (Lipinski definition) is 2. The standard InChI is InChI=1S/C6H12B4N2O2/c7-5(8)1-2-3(6(9,10)12-5)14-11-4(2)13/h12H,1,7-10H2,(H,11,13). The van der Waals surface area contributed by atoms with E-state index in [-0.39, 0.29) is 16.2 Å². The largest absolute Gasteiger partial charge is 0.383 e. The molecule has 0 radical (unpaired) electrons. The number of H-pyrrole nitrogens is 1. The summed E-state index contributed by atoms with van der Waals surface area (Å²) in [5.74, 6) is 0.738. The van der Waals surface area contributed by atoms with Crippen molar-refractivity contribution in [1.29, 1.82) is 0 Å². The highest BCUT2D eigenvalue weighted by Crippen LogP contribution is 2.25. The molecule has 4 nitrogen and oxygen atoms in total. The molecule has 0 amide bonds. The highest BCUT2D eigenvalue weighted by atomic mass is 16.5. The van der Waals surface area contributed by atoms with Gasteiger partial charge in [-0.05, 0) is 11.8 Å². The fraction of sp³-hybridized carbons (Fsp3) is 0.500. The Hall–Kier alpha value is -0.770. The number of aromatic amines is 1. The van der Waals surface area contributed by atoms with Crippen molar-refractivity contribution in [3.63, 3.8) is 0 Å². The van der Waals surface area contributed by atoms with Crippen LogP contribution < -0.4 is 10.9 Å². The molecule has 1 aliphatic heterocycles. The summed E-state index contributed by atoms with van der Waals surface area (Å²) in [5, 5.41) is 5.51.